The van der Waals surface area contributed by atoms with E-state index in [4.69, 9.17) is 11.6 Å². The first-order valence-corrected chi connectivity index (χ1v) is 5.88. The summed E-state index contributed by atoms with van der Waals surface area (Å²) in [7, 11) is 0. The molecule has 8 heteroatoms. The second kappa shape index (κ2) is 4.93. The largest absolute Gasteiger partial charge is 0.255 e. The second-order valence-electron chi connectivity index (χ2n) is 3.80. The summed E-state index contributed by atoms with van der Waals surface area (Å²) in [5, 5.41) is 3.84. The summed E-state index contributed by atoms with van der Waals surface area (Å²) in [6.45, 7) is 0. The molecule has 3 rings (SSSR count). The van der Waals surface area contributed by atoms with Gasteiger partial charge in [-0.25, -0.2) is 13.5 Å². The normalized spacial score (nSPS) is 10.8. The van der Waals surface area contributed by atoms with Gasteiger partial charge in [-0.2, -0.15) is 20.1 Å². The van der Waals surface area contributed by atoms with Crippen LogP contribution in [0.25, 0.3) is 17.3 Å². The third-order valence-electron chi connectivity index (χ3n) is 2.48. The van der Waals surface area contributed by atoms with Crippen molar-refractivity contribution < 1.29 is 8.78 Å². The van der Waals surface area contributed by atoms with Crippen molar-refractivity contribution in [1.82, 2.24) is 24.7 Å². The first-order valence-electron chi connectivity index (χ1n) is 5.50. The predicted octanol–water partition coefficient (Wildman–Crippen LogP) is 2.66. The highest BCUT2D eigenvalue weighted by atomic mass is 35.5. The summed E-state index contributed by atoms with van der Waals surface area (Å²) >= 11 is 5.80. The summed E-state index contributed by atoms with van der Waals surface area (Å²) in [4.78, 5) is 11.8. The molecule has 0 spiro atoms. The predicted molar refractivity (Wildman–Crippen MR) is 67.3 cm³/mol. The zero-order valence-corrected chi connectivity index (χ0v) is 10.6. The number of hydrogen-bond acceptors (Lipinski definition) is 4. The molecule has 0 fully saturated rings. The van der Waals surface area contributed by atoms with E-state index in [1.54, 1.807) is 12.3 Å². The minimum atomic E-state index is -0.779. The van der Waals surface area contributed by atoms with Gasteiger partial charge in [-0.3, -0.25) is 0 Å². The molecule has 100 valence electrons. The number of nitrogens with zero attached hydrogens (tertiary/aromatic N) is 5. The molecular formula is C12H6ClF2N5. The maximum Gasteiger partial charge on any atom is 0.255 e. The summed E-state index contributed by atoms with van der Waals surface area (Å²) in [6, 6.07) is 4.78. The van der Waals surface area contributed by atoms with Crippen molar-refractivity contribution in [1.29, 1.82) is 0 Å². The van der Waals surface area contributed by atoms with Gasteiger partial charge in [0, 0.05) is 18.5 Å². The SMILES string of the molecule is Fc1ccc(-c2nc(Cl)nc(-n3cccn3)n2)c(F)c1. The fraction of sp³-hybridized carbons (Fsp3) is 0. The number of rotatable bonds is 2. The number of benzene rings is 1. The van der Waals surface area contributed by atoms with Crippen molar-refractivity contribution in [3.63, 3.8) is 0 Å². The number of aromatic nitrogens is 5. The van der Waals surface area contributed by atoms with Gasteiger partial charge in [0.2, 0.25) is 5.28 Å². The molecule has 0 aliphatic carbocycles. The topological polar surface area (TPSA) is 56.5 Å². The van der Waals surface area contributed by atoms with Crippen LogP contribution in [-0.4, -0.2) is 24.7 Å². The highest BCUT2D eigenvalue weighted by Crippen LogP contribution is 2.21. The molecule has 0 saturated heterocycles. The quantitative estimate of drug-likeness (QED) is 0.729. The molecule has 0 radical (unpaired) electrons. The number of halogens is 3. The summed E-state index contributed by atoms with van der Waals surface area (Å²) < 4.78 is 28.0. The van der Waals surface area contributed by atoms with Crippen molar-refractivity contribution in [2.45, 2.75) is 0 Å². The Kier molecular flexibility index (Phi) is 3.11. The van der Waals surface area contributed by atoms with Crippen molar-refractivity contribution in [3.8, 4) is 17.3 Å². The van der Waals surface area contributed by atoms with Gasteiger partial charge >= 0.3 is 0 Å². The molecule has 0 bridgehead atoms. The molecular weight excluding hydrogens is 288 g/mol. The average Bonchev–Trinajstić information content (AvgIpc) is 2.91. The van der Waals surface area contributed by atoms with Crippen LogP contribution < -0.4 is 0 Å². The minimum absolute atomic E-state index is 0.00741. The van der Waals surface area contributed by atoms with E-state index in [1.165, 1.54) is 16.9 Å². The van der Waals surface area contributed by atoms with Gasteiger partial charge in [-0.05, 0) is 29.8 Å². The lowest BCUT2D eigenvalue weighted by Crippen LogP contribution is -2.05. The lowest BCUT2D eigenvalue weighted by molar-refractivity contribution is 0.584. The van der Waals surface area contributed by atoms with Crippen molar-refractivity contribution in [3.05, 3.63) is 53.6 Å². The molecule has 5 nitrogen and oxygen atoms in total. The van der Waals surface area contributed by atoms with Crippen LogP contribution in [0.5, 0.6) is 0 Å². The molecule has 2 heterocycles. The molecule has 0 N–H and O–H groups in total. The zero-order valence-electron chi connectivity index (χ0n) is 9.83. The summed E-state index contributed by atoms with van der Waals surface area (Å²) in [5.74, 6) is -1.31. The molecule has 0 atom stereocenters. The summed E-state index contributed by atoms with van der Waals surface area (Å²) in [5.41, 5.74) is 0.0316. The third-order valence-corrected chi connectivity index (χ3v) is 2.65. The van der Waals surface area contributed by atoms with E-state index >= 15 is 0 Å². The van der Waals surface area contributed by atoms with Crippen LogP contribution in [0, 0.1) is 11.6 Å². The Morgan fingerprint density at radius 1 is 1.10 bits per heavy atom. The van der Waals surface area contributed by atoms with Gasteiger partial charge in [0.15, 0.2) is 5.82 Å². The van der Waals surface area contributed by atoms with Gasteiger partial charge < -0.3 is 0 Å². The van der Waals surface area contributed by atoms with Gasteiger partial charge in [0.1, 0.15) is 11.6 Å². The first kappa shape index (κ1) is 12.6. The lowest BCUT2D eigenvalue weighted by atomic mass is 10.2. The van der Waals surface area contributed by atoms with E-state index in [0.29, 0.717) is 0 Å². The van der Waals surface area contributed by atoms with Crippen molar-refractivity contribution in [2.24, 2.45) is 0 Å². The van der Waals surface area contributed by atoms with Crippen molar-refractivity contribution in [2.75, 3.05) is 0 Å². The Balaban J connectivity index is 2.14. The zero-order chi connectivity index (χ0) is 14.1. The van der Waals surface area contributed by atoms with Crippen LogP contribution in [0.1, 0.15) is 0 Å². The van der Waals surface area contributed by atoms with Crippen LogP contribution in [0.3, 0.4) is 0 Å². The van der Waals surface area contributed by atoms with Crippen molar-refractivity contribution >= 4 is 11.6 Å². The summed E-state index contributed by atoms with van der Waals surface area (Å²) in [6.07, 6.45) is 3.15. The van der Waals surface area contributed by atoms with Crippen LogP contribution in [0.2, 0.25) is 5.28 Å². The van der Waals surface area contributed by atoms with E-state index in [0.717, 1.165) is 12.1 Å². The fourth-order valence-corrected chi connectivity index (χ4v) is 1.78. The Morgan fingerprint density at radius 3 is 2.65 bits per heavy atom. The minimum Gasteiger partial charge on any atom is -0.207 e. The van der Waals surface area contributed by atoms with E-state index < -0.39 is 11.6 Å². The molecule has 0 aliphatic heterocycles. The first-order chi connectivity index (χ1) is 9.63. The van der Waals surface area contributed by atoms with Crippen LogP contribution in [0.4, 0.5) is 8.78 Å². The monoisotopic (exact) mass is 293 g/mol. The number of hydrogen-bond donors (Lipinski definition) is 0. The maximum absolute atomic E-state index is 13.7. The Labute approximate surface area is 116 Å². The van der Waals surface area contributed by atoms with E-state index in [-0.39, 0.29) is 22.6 Å². The molecule has 2 aromatic heterocycles. The molecule has 0 aliphatic rings. The highest BCUT2D eigenvalue weighted by molar-refractivity contribution is 6.28. The van der Waals surface area contributed by atoms with Gasteiger partial charge in [-0.15, -0.1) is 0 Å². The smallest absolute Gasteiger partial charge is 0.207 e. The van der Waals surface area contributed by atoms with Gasteiger partial charge in [0.05, 0.1) is 5.56 Å². The van der Waals surface area contributed by atoms with Crippen LogP contribution >= 0.6 is 11.6 Å². The third kappa shape index (κ3) is 2.35. The highest BCUT2D eigenvalue weighted by Gasteiger charge is 2.13. The molecule has 0 amide bonds. The molecule has 1 aromatic carbocycles. The lowest BCUT2D eigenvalue weighted by Gasteiger charge is -2.05. The van der Waals surface area contributed by atoms with Crippen LogP contribution in [0.15, 0.2) is 36.7 Å². The van der Waals surface area contributed by atoms with E-state index in [9.17, 15) is 8.78 Å². The Hall–Kier alpha value is -2.41. The molecule has 20 heavy (non-hydrogen) atoms. The fourth-order valence-electron chi connectivity index (χ4n) is 1.62. The van der Waals surface area contributed by atoms with E-state index in [2.05, 4.69) is 20.1 Å². The molecule has 3 aromatic rings. The standard InChI is InChI=1S/C12H6ClF2N5/c13-11-17-10(8-3-2-7(14)6-9(8)15)18-12(19-11)20-5-1-4-16-20/h1-6H. The molecule has 0 saturated carbocycles. The average molecular weight is 294 g/mol. The molecule has 0 unspecified atom stereocenters. The Morgan fingerprint density at radius 2 is 1.95 bits per heavy atom. The Bertz CT molecular complexity index is 761. The van der Waals surface area contributed by atoms with Gasteiger partial charge in [-0.1, -0.05) is 0 Å². The van der Waals surface area contributed by atoms with E-state index in [1.807, 2.05) is 0 Å². The van der Waals surface area contributed by atoms with Gasteiger partial charge in [0.25, 0.3) is 5.95 Å². The second-order valence-corrected chi connectivity index (χ2v) is 4.14. The van der Waals surface area contributed by atoms with Crippen LogP contribution in [-0.2, 0) is 0 Å². The maximum atomic E-state index is 13.7.